The van der Waals surface area contributed by atoms with Gasteiger partial charge in [0.1, 0.15) is 0 Å². The minimum absolute atomic E-state index is 0.105. The monoisotopic (exact) mass is 324 g/mol. The second kappa shape index (κ2) is 6.67. The van der Waals surface area contributed by atoms with Gasteiger partial charge in [0.2, 0.25) is 5.91 Å². The van der Waals surface area contributed by atoms with Crippen LogP contribution in [-0.4, -0.2) is 87.1 Å². The number of hydrogen-bond donors (Lipinski definition) is 0. The molecule has 0 saturated carbocycles. The molecule has 4 fully saturated rings. The molecule has 23 heavy (non-hydrogen) atoms. The number of likely N-dealkylation sites (tertiary alicyclic amines) is 1. The highest BCUT2D eigenvalue weighted by molar-refractivity contribution is 5.84. The van der Waals surface area contributed by atoms with Crippen molar-refractivity contribution in [2.45, 2.75) is 37.8 Å². The molecule has 0 radical (unpaired) electrons. The van der Waals surface area contributed by atoms with Gasteiger partial charge >= 0.3 is 0 Å². The third kappa shape index (κ3) is 2.90. The molecular weight excluding hydrogens is 296 g/mol. The lowest BCUT2D eigenvalue weighted by molar-refractivity contribution is -0.156. The predicted molar refractivity (Wildman–Crippen MR) is 84.2 cm³/mol. The number of ether oxygens (including phenoxy) is 3. The molecule has 4 rings (SSSR count). The zero-order chi connectivity index (χ0) is 15.7. The van der Waals surface area contributed by atoms with E-state index in [0.717, 1.165) is 71.7 Å². The molecule has 130 valence electrons. The van der Waals surface area contributed by atoms with E-state index in [-0.39, 0.29) is 11.5 Å². The summed E-state index contributed by atoms with van der Waals surface area (Å²) in [5, 5.41) is 0. The highest BCUT2D eigenvalue weighted by Crippen LogP contribution is 2.43. The first-order valence-electron chi connectivity index (χ1n) is 9.10. The summed E-state index contributed by atoms with van der Waals surface area (Å²) in [5.74, 6) is 0.306. The Labute approximate surface area is 138 Å². The third-order valence-corrected chi connectivity index (χ3v) is 6.08. The van der Waals surface area contributed by atoms with Crippen molar-refractivity contribution in [3.63, 3.8) is 0 Å². The molecule has 0 aromatic heterocycles. The van der Waals surface area contributed by atoms with Crippen LogP contribution in [0.15, 0.2) is 0 Å². The van der Waals surface area contributed by atoms with Crippen LogP contribution in [0.3, 0.4) is 0 Å². The standard InChI is InChI=1S/C17H28N2O4/c20-16(18-6-11-22-12-7-18)17-4-10-23-15(17)1-5-19(13-17)14-2-8-21-9-3-14/h14-15H,1-13H2/t15-,17-/m0/s1. The van der Waals surface area contributed by atoms with Gasteiger partial charge < -0.3 is 19.1 Å². The maximum atomic E-state index is 13.3. The van der Waals surface area contributed by atoms with Gasteiger partial charge in [-0.25, -0.2) is 0 Å². The summed E-state index contributed by atoms with van der Waals surface area (Å²) in [4.78, 5) is 17.9. The molecule has 0 unspecified atom stereocenters. The minimum atomic E-state index is -0.326. The Kier molecular flexibility index (Phi) is 4.58. The molecule has 0 bridgehead atoms. The molecule has 0 N–H and O–H groups in total. The van der Waals surface area contributed by atoms with E-state index in [1.54, 1.807) is 0 Å². The maximum absolute atomic E-state index is 13.3. The summed E-state index contributed by atoms with van der Waals surface area (Å²) in [6, 6.07) is 0.569. The van der Waals surface area contributed by atoms with Gasteiger partial charge in [-0.2, -0.15) is 0 Å². The van der Waals surface area contributed by atoms with Crippen molar-refractivity contribution < 1.29 is 19.0 Å². The Balaban J connectivity index is 1.51. The molecule has 0 spiro atoms. The second-order valence-electron chi connectivity index (χ2n) is 7.27. The molecule has 4 aliphatic rings. The molecule has 4 saturated heterocycles. The van der Waals surface area contributed by atoms with E-state index in [1.165, 1.54) is 0 Å². The fourth-order valence-electron chi connectivity index (χ4n) is 4.72. The van der Waals surface area contributed by atoms with Crippen molar-refractivity contribution in [3.05, 3.63) is 0 Å². The van der Waals surface area contributed by atoms with E-state index in [4.69, 9.17) is 14.2 Å². The number of rotatable bonds is 2. The molecular formula is C17H28N2O4. The van der Waals surface area contributed by atoms with E-state index in [1.807, 2.05) is 4.90 Å². The smallest absolute Gasteiger partial charge is 0.232 e. The number of piperidine rings is 1. The lowest BCUT2D eigenvalue weighted by Crippen LogP contribution is -2.61. The minimum Gasteiger partial charge on any atom is -0.381 e. The third-order valence-electron chi connectivity index (χ3n) is 6.08. The normalized spacial score (nSPS) is 36.9. The Hall–Kier alpha value is -0.690. The number of carbonyl (C=O) groups is 1. The van der Waals surface area contributed by atoms with E-state index in [9.17, 15) is 4.79 Å². The summed E-state index contributed by atoms with van der Waals surface area (Å²) in [6.07, 6.45) is 4.13. The SMILES string of the molecule is O=C(N1CCOCC1)[C@]12CCO[C@H]1CCN(C1CCOCC1)C2. The summed E-state index contributed by atoms with van der Waals surface area (Å²) >= 11 is 0. The van der Waals surface area contributed by atoms with Gasteiger partial charge in [0.05, 0.1) is 24.7 Å². The van der Waals surface area contributed by atoms with E-state index >= 15 is 0 Å². The summed E-state index contributed by atoms with van der Waals surface area (Å²) < 4.78 is 16.9. The molecule has 4 aliphatic heterocycles. The quantitative estimate of drug-likeness (QED) is 0.741. The first kappa shape index (κ1) is 15.8. The zero-order valence-corrected chi connectivity index (χ0v) is 13.9. The van der Waals surface area contributed by atoms with Gasteiger partial charge in [0, 0.05) is 52.0 Å². The van der Waals surface area contributed by atoms with E-state index < -0.39 is 0 Å². The van der Waals surface area contributed by atoms with Crippen molar-refractivity contribution in [2.75, 3.05) is 59.2 Å². The van der Waals surface area contributed by atoms with Gasteiger partial charge in [-0.1, -0.05) is 0 Å². The molecule has 0 aromatic rings. The van der Waals surface area contributed by atoms with Crippen LogP contribution in [0.5, 0.6) is 0 Å². The first-order valence-corrected chi connectivity index (χ1v) is 9.10. The number of nitrogens with zero attached hydrogens (tertiary/aromatic N) is 2. The van der Waals surface area contributed by atoms with Crippen molar-refractivity contribution >= 4 is 5.91 Å². The molecule has 6 heteroatoms. The van der Waals surface area contributed by atoms with Crippen LogP contribution in [0.25, 0.3) is 0 Å². The average molecular weight is 324 g/mol. The van der Waals surface area contributed by atoms with Crippen molar-refractivity contribution in [2.24, 2.45) is 5.41 Å². The highest BCUT2D eigenvalue weighted by atomic mass is 16.5. The number of fused-ring (bicyclic) bond motifs is 1. The highest BCUT2D eigenvalue weighted by Gasteiger charge is 2.55. The Bertz CT molecular complexity index is 434. The molecule has 6 nitrogen and oxygen atoms in total. The second-order valence-corrected chi connectivity index (χ2v) is 7.27. The van der Waals surface area contributed by atoms with Crippen molar-refractivity contribution in [3.8, 4) is 0 Å². The van der Waals surface area contributed by atoms with Crippen molar-refractivity contribution in [1.29, 1.82) is 0 Å². The van der Waals surface area contributed by atoms with E-state index in [0.29, 0.717) is 25.2 Å². The fourth-order valence-corrected chi connectivity index (χ4v) is 4.72. The van der Waals surface area contributed by atoms with E-state index in [2.05, 4.69) is 4.90 Å². The Morgan fingerprint density at radius 1 is 0.913 bits per heavy atom. The molecule has 0 aromatic carbocycles. The van der Waals surface area contributed by atoms with Gasteiger partial charge in [0.25, 0.3) is 0 Å². The van der Waals surface area contributed by atoms with Crippen LogP contribution in [0.4, 0.5) is 0 Å². The Morgan fingerprint density at radius 2 is 1.65 bits per heavy atom. The zero-order valence-electron chi connectivity index (χ0n) is 13.9. The van der Waals surface area contributed by atoms with Gasteiger partial charge in [-0.3, -0.25) is 9.69 Å². The predicted octanol–water partition coefficient (Wildman–Crippen LogP) is 0.505. The summed E-state index contributed by atoms with van der Waals surface area (Å²) in [6.45, 7) is 7.12. The van der Waals surface area contributed by atoms with Crippen LogP contribution >= 0.6 is 0 Å². The maximum Gasteiger partial charge on any atom is 0.232 e. The van der Waals surface area contributed by atoms with Crippen LogP contribution in [-0.2, 0) is 19.0 Å². The molecule has 0 aliphatic carbocycles. The number of hydrogen-bond acceptors (Lipinski definition) is 5. The lowest BCUT2D eigenvalue weighted by Gasteiger charge is -2.48. The largest absolute Gasteiger partial charge is 0.381 e. The van der Waals surface area contributed by atoms with Crippen LogP contribution in [0.1, 0.15) is 25.7 Å². The average Bonchev–Trinajstić information content (AvgIpc) is 3.07. The molecule has 1 amide bonds. The number of morpholine rings is 1. The summed E-state index contributed by atoms with van der Waals surface area (Å²) in [5.41, 5.74) is -0.326. The first-order chi connectivity index (χ1) is 11.3. The fraction of sp³-hybridized carbons (Fsp3) is 0.941. The van der Waals surface area contributed by atoms with Crippen LogP contribution in [0.2, 0.25) is 0 Å². The van der Waals surface area contributed by atoms with Crippen molar-refractivity contribution in [1.82, 2.24) is 9.80 Å². The van der Waals surface area contributed by atoms with Gasteiger partial charge in [-0.05, 0) is 25.7 Å². The molecule has 4 heterocycles. The van der Waals surface area contributed by atoms with Gasteiger partial charge in [-0.15, -0.1) is 0 Å². The van der Waals surface area contributed by atoms with Gasteiger partial charge in [0.15, 0.2) is 0 Å². The topological polar surface area (TPSA) is 51.2 Å². The summed E-state index contributed by atoms with van der Waals surface area (Å²) in [7, 11) is 0. The molecule has 2 atom stereocenters. The van der Waals surface area contributed by atoms with Crippen LogP contribution in [0, 0.1) is 5.41 Å². The number of amides is 1. The Morgan fingerprint density at radius 3 is 2.43 bits per heavy atom. The lowest BCUT2D eigenvalue weighted by atomic mass is 9.74. The number of carbonyl (C=O) groups excluding carboxylic acids is 1. The van der Waals surface area contributed by atoms with Crippen LogP contribution < -0.4 is 0 Å².